The second-order valence-electron chi connectivity index (χ2n) is 11.1. The molecule has 0 bridgehead atoms. The Morgan fingerprint density at radius 1 is 0.653 bits per heavy atom. The number of carbonyl (C=O) groups is 1. The van der Waals surface area contributed by atoms with Gasteiger partial charge in [0.15, 0.2) is 16.1 Å². The third-order valence-electron chi connectivity index (χ3n) is 7.48. The van der Waals surface area contributed by atoms with Crippen LogP contribution in [0.25, 0.3) is 26.5 Å². The minimum absolute atomic E-state index is 0.107. The van der Waals surface area contributed by atoms with Gasteiger partial charge in [0.05, 0.1) is 20.4 Å². The first-order chi connectivity index (χ1) is 23.9. The largest absolute Gasteiger partial charge is 0.378 e. The molecule has 7 aromatic rings. The lowest BCUT2D eigenvalue weighted by molar-refractivity contribution is -0.121. The zero-order valence-corrected chi connectivity index (χ0v) is 27.8. The number of amides is 1. The molecular weight excluding hydrogens is 655 g/mol. The summed E-state index contributed by atoms with van der Waals surface area (Å²) in [5.41, 5.74) is 7.73. The summed E-state index contributed by atoms with van der Waals surface area (Å²) in [5.74, 6) is 0.597. The molecule has 0 saturated heterocycles. The van der Waals surface area contributed by atoms with Crippen molar-refractivity contribution in [1.82, 2.24) is 29.9 Å². The Hall–Kier alpha value is -6.25. The fourth-order valence-electron chi connectivity index (χ4n) is 5.11. The van der Waals surface area contributed by atoms with Crippen LogP contribution in [0.3, 0.4) is 0 Å². The van der Waals surface area contributed by atoms with Crippen molar-refractivity contribution < 1.29 is 4.79 Å². The van der Waals surface area contributed by atoms with E-state index in [-0.39, 0.29) is 29.4 Å². The van der Waals surface area contributed by atoms with Crippen molar-refractivity contribution in [3.8, 4) is 0 Å². The first-order valence-corrected chi connectivity index (χ1v) is 16.8. The Morgan fingerprint density at radius 3 is 1.78 bits per heavy atom. The van der Waals surface area contributed by atoms with Crippen LogP contribution in [0.4, 0.5) is 33.8 Å². The Bertz CT molecular complexity index is 2220. The van der Waals surface area contributed by atoms with Gasteiger partial charge in [-0.15, -0.1) is 0 Å². The Morgan fingerprint density at radius 2 is 1.20 bits per heavy atom. The lowest BCUT2D eigenvalue weighted by Crippen LogP contribution is -2.38. The molecule has 0 fully saturated rings. The maximum absolute atomic E-state index is 14.0. The Balaban J connectivity index is 1.15. The van der Waals surface area contributed by atoms with Gasteiger partial charge in [-0.25, -0.2) is 15.0 Å². The van der Waals surface area contributed by atoms with E-state index >= 15 is 0 Å². The molecule has 3 N–H and O–H groups in total. The molecule has 1 aliphatic rings. The van der Waals surface area contributed by atoms with E-state index in [1.54, 1.807) is 6.08 Å². The van der Waals surface area contributed by atoms with Crippen LogP contribution in [0.2, 0.25) is 0 Å². The zero-order valence-electron chi connectivity index (χ0n) is 26.2. The van der Waals surface area contributed by atoms with Crippen molar-refractivity contribution in [3.63, 3.8) is 0 Å². The summed E-state index contributed by atoms with van der Waals surface area (Å²) < 4.78 is 2.04. The normalized spacial score (nSPS) is 13.7. The fourth-order valence-corrected chi connectivity index (χ4v) is 6.83. The average Bonchev–Trinajstić information content (AvgIpc) is 3.80. The maximum atomic E-state index is 14.0. The number of aliphatic imine (C=N–C) groups is 1. The average molecular weight is 682 g/mol. The summed E-state index contributed by atoms with van der Waals surface area (Å²) in [6.45, 7) is 0. The molecule has 240 valence electrons. The first kappa shape index (κ1) is 30.1. The molecule has 4 aromatic carbocycles. The lowest BCUT2D eigenvalue weighted by Gasteiger charge is -2.19. The number of fused-ring (bicyclic) bond motifs is 2. The molecule has 12 nitrogen and oxygen atoms in total. The number of para-hydroxylation sites is 2. The highest BCUT2D eigenvalue weighted by Crippen LogP contribution is 2.30. The van der Waals surface area contributed by atoms with Crippen LogP contribution in [0.15, 0.2) is 114 Å². The summed E-state index contributed by atoms with van der Waals surface area (Å²) in [7, 11) is 3.96. The summed E-state index contributed by atoms with van der Waals surface area (Å²) in [6, 6.07) is 33.1. The molecule has 1 amide bonds. The van der Waals surface area contributed by atoms with Crippen LogP contribution in [0.5, 0.6) is 0 Å². The van der Waals surface area contributed by atoms with Gasteiger partial charge in [-0.05, 0) is 48.0 Å². The third kappa shape index (κ3) is 6.37. The molecule has 49 heavy (non-hydrogen) atoms. The molecule has 4 heterocycles. The number of hydrogen-bond donors (Lipinski definition) is 3. The molecule has 0 unspecified atom stereocenters. The number of nitrogens with one attached hydrogen (secondary N) is 3. The highest BCUT2D eigenvalue weighted by atomic mass is 32.1. The second kappa shape index (κ2) is 12.7. The predicted octanol–water partition coefficient (Wildman–Crippen LogP) is 7.30. The quantitative estimate of drug-likeness (QED) is 0.133. The molecule has 3 aromatic heterocycles. The molecule has 1 aliphatic heterocycles. The number of hydrogen-bond acceptors (Lipinski definition) is 13. The number of amidine groups is 1. The SMILES string of the molecule is CN(C)c1ccc(C=C2N=C(c3ccccc3)N(Nc3nc(Nc4nc5ccccc5s4)nc(Nc4nc5ccccc5s4)n3)C2=O)cc1. The van der Waals surface area contributed by atoms with E-state index in [0.717, 1.165) is 37.2 Å². The van der Waals surface area contributed by atoms with Crippen molar-refractivity contribution in [2.24, 2.45) is 4.99 Å². The van der Waals surface area contributed by atoms with Crippen molar-refractivity contribution in [2.45, 2.75) is 0 Å². The van der Waals surface area contributed by atoms with Gasteiger partial charge in [0.1, 0.15) is 5.70 Å². The molecule has 0 spiro atoms. The first-order valence-electron chi connectivity index (χ1n) is 15.2. The van der Waals surface area contributed by atoms with Crippen molar-refractivity contribution in [1.29, 1.82) is 0 Å². The second-order valence-corrected chi connectivity index (χ2v) is 13.2. The van der Waals surface area contributed by atoms with Crippen LogP contribution < -0.4 is 21.0 Å². The van der Waals surface area contributed by atoms with Gasteiger partial charge in [0.25, 0.3) is 5.91 Å². The van der Waals surface area contributed by atoms with Gasteiger partial charge >= 0.3 is 0 Å². The monoisotopic (exact) mass is 681 g/mol. The maximum Gasteiger partial charge on any atom is 0.297 e. The van der Waals surface area contributed by atoms with Crippen LogP contribution in [0, 0.1) is 0 Å². The minimum Gasteiger partial charge on any atom is -0.378 e. The fraction of sp³-hybridized carbons (Fsp3) is 0.0571. The predicted molar refractivity (Wildman–Crippen MR) is 198 cm³/mol. The summed E-state index contributed by atoms with van der Waals surface area (Å²) >= 11 is 2.96. The molecular formula is C35H27N11OS2. The molecule has 0 aliphatic carbocycles. The van der Waals surface area contributed by atoms with Gasteiger partial charge in [-0.2, -0.15) is 20.0 Å². The van der Waals surface area contributed by atoms with Crippen molar-refractivity contribution in [2.75, 3.05) is 35.1 Å². The topological polar surface area (TPSA) is 136 Å². The van der Waals surface area contributed by atoms with Crippen LogP contribution in [0.1, 0.15) is 11.1 Å². The minimum atomic E-state index is -0.364. The van der Waals surface area contributed by atoms with Gasteiger partial charge in [0.2, 0.25) is 17.8 Å². The van der Waals surface area contributed by atoms with Gasteiger partial charge in [-0.3, -0.25) is 20.9 Å². The number of nitrogens with zero attached hydrogens (tertiary/aromatic N) is 8. The molecule has 0 radical (unpaired) electrons. The third-order valence-corrected chi connectivity index (χ3v) is 9.38. The standard InChI is InChI=1S/C35H27N11OS2/c1-45(2)23-18-16-21(17-19-23)20-26-30(47)46(29(36-26)22-10-4-3-5-11-22)44-33-40-31(42-34-37-24-12-6-8-14-27(24)48-34)39-32(41-33)43-35-38-25-13-7-9-15-28(25)49-35/h3-20H,1-2H3,(H3,37,38,39,40,41,42,43,44). The smallest absolute Gasteiger partial charge is 0.297 e. The van der Waals surface area contributed by atoms with Crippen LogP contribution in [-0.4, -0.2) is 55.8 Å². The number of benzene rings is 4. The Labute approximate surface area is 288 Å². The number of aromatic nitrogens is 5. The van der Waals surface area contributed by atoms with Crippen LogP contribution in [-0.2, 0) is 4.79 Å². The number of anilines is 6. The number of hydrazine groups is 1. The van der Waals surface area contributed by atoms with E-state index in [1.807, 2.05) is 122 Å². The van der Waals surface area contributed by atoms with E-state index in [2.05, 4.69) is 41.0 Å². The van der Waals surface area contributed by atoms with E-state index < -0.39 is 0 Å². The lowest BCUT2D eigenvalue weighted by atomic mass is 10.1. The van der Waals surface area contributed by atoms with Gasteiger partial charge in [-0.1, -0.05) is 89.4 Å². The van der Waals surface area contributed by atoms with Crippen LogP contribution >= 0.6 is 22.7 Å². The van der Waals surface area contributed by atoms with E-state index in [4.69, 9.17) is 4.99 Å². The van der Waals surface area contributed by atoms with E-state index in [1.165, 1.54) is 27.7 Å². The Kier molecular flexibility index (Phi) is 7.83. The van der Waals surface area contributed by atoms with Crippen molar-refractivity contribution in [3.05, 3.63) is 120 Å². The summed E-state index contributed by atoms with van der Waals surface area (Å²) in [6.07, 6.45) is 1.76. The molecule has 0 saturated carbocycles. The van der Waals surface area contributed by atoms with E-state index in [9.17, 15) is 4.79 Å². The van der Waals surface area contributed by atoms with Crippen molar-refractivity contribution >= 4 is 94.7 Å². The number of rotatable bonds is 9. The van der Waals surface area contributed by atoms with E-state index in [0.29, 0.717) is 16.1 Å². The highest BCUT2D eigenvalue weighted by Gasteiger charge is 2.32. The molecule has 14 heteroatoms. The molecule has 0 atom stereocenters. The summed E-state index contributed by atoms with van der Waals surface area (Å²) in [5, 5.41) is 9.01. The molecule has 8 rings (SSSR count). The number of thiazole rings is 2. The highest BCUT2D eigenvalue weighted by molar-refractivity contribution is 7.22. The van der Waals surface area contributed by atoms with Gasteiger partial charge < -0.3 is 4.90 Å². The van der Waals surface area contributed by atoms with Gasteiger partial charge in [0, 0.05) is 25.3 Å². The number of carbonyl (C=O) groups excluding carboxylic acids is 1. The summed E-state index contributed by atoms with van der Waals surface area (Å²) in [4.78, 5) is 44.0. The zero-order chi connectivity index (χ0) is 33.3.